The summed E-state index contributed by atoms with van der Waals surface area (Å²) in [6.45, 7) is -0.172. The van der Waals surface area contributed by atoms with Crippen molar-refractivity contribution in [3.05, 3.63) is 64.1 Å². The number of hydrogen-bond donors (Lipinski definition) is 1. The number of halogens is 2. The summed E-state index contributed by atoms with van der Waals surface area (Å²) >= 11 is 11.8. The van der Waals surface area contributed by atoms with E-state index in [1.54, 1.807) is 30.3 Å². The first-order valence-electron chi connectivity index (χ1n) is 6.81. The van der Waals surface area contributed by atoms with E-state index < -0.39 is 15.1 Å². The van der Waals surface area contributed by atoms with Crippen molar-refractivity contribution >= 4 is 33.0 Å². The lowest BCUT2D eigenvalue weighted by atomic mass is 10.1. The monoisotopic (exact) mass is 356 g/mol. The quantitative estimate of drug-likeness (QED) is 0.911. The number of aliphatic hydroxyl groups excluding tert-OH is 1. The molecule has 1 fully saturated rings. The van der Waals surface area contributed by atoms with Crippen LogP contribution in [0.3, 0.4) is 0 Å². The second kappa shape index (κ2) is 5.85. The van der Waals surface area contributed by atoms with Crippen LogP contribution in [0.2, 0.25) is 10.0 Å². The van der Waals surface area contributed by atoms with Crippen molar-refractivity contribution in [1.29, 1.82) is 0 Å². The fraction of sp³-hybridized carbons (Fsp3) is 0.250. The third-order valence-electron chi connectivity index (χ3n) is 4.04. The maximum absolute atomic E-state index is 12.8. The Bertz CT molecular complexity index is 787. The van der Waals surface area contributed by atoms with Gasteiger partial charge in [-0.1, -0.05) is 35.3 Å². The van der Waals surface area contributed by atoms with E-state index in [0.29, 0.717) is 10.0 Å². The Hall–Kier alpha value is -1.07. The molecular weight excluding hydrogens is 343 g/mol. The molecule has 0 unspecified atom stereocenters. The summed E-state index contributed by atoms with van der Waals surface area (Å²) in [5.74, 6) is -0.538. The molecule has 0 heterocycles. The molecule has 0 aromatic heterocycles. The fourth-order valence-electron chi connectivity index (χ4n) is 2.92. The summed E-state index contributed by atoms with van der Waals surface area (Å²) < 4.78 is 25.5. The average molecular weight is 357 g/mol. The van der Waals surface area contributed by atoms with Crippen molar-refractivity contribution in [2.75, 3.05) is 6.61 Å². The zero-order valence-electron chi connectivity index (χ0n) is 11.5. The van der Waals surface area contributed by atoms with E-state index in [2.05, 4.69) is 0 Å². The first-order valence-corrected chi connectivity index (χ1v) is 9.11. The maximum Gasteiger partial charge on any atom is 0.182 e. The SMILES string of the molecule is O=S(=O)(c1ccc(Cl)cc1)[C@H]1[C@@H](CO)[C@@H]1c1cccc(Cl)c1. The van der Waals surface area contributed by atoms with Crippen LogP contribution in [0.1, 0.15) is 11.5 Å². The number of aliphatic hydroxyl groups is 1. The Labute approximate surface area is 139 Å². The molecule has 3 nitrogen and oxygen atoms in total. The highest BCUT2D eigenvalue weighted by Crippen LogP contribution is 2.53. The van der Waals surface area contributed by atoms with E-state index in [9.17, 15) is 13.5 Å². The molecule has 2 aromatic carbocycles. The van der Waals surface area contributed by atoms with E-state index in [1.165, 1.54) is 12.1 Å². The topological polar surface area (TPSA) is 54.4 Å². The molecule has 0 bridgehead atoms. The van der Waals surface area contributed by atoms with Crippen molar-refractivity contribution in [1.82, 2.24) is 0 Å². The molecule has 0 radical (unpaired) electrons. The molecule has 2 aromatic rings. The lowest BCUT2D eigenvalue weighted by Crippen LogP contribution is -2.11. The van der Waals surface area contributed by atoms with Crippen LogP contribution in [0.5, 0.6) is 0 Å². The predicted octanol–water partition coefficient (Wildman–Crippen LogP) is 3.54. The third kappa shape index (κ3) is 2.76. The molecule has 0 spiro atoms. The molecule has 1 aliphatic carbocycles. The molecule has 1 aliphatic rings. The Balaban J connectivity index is 1.95. The maximum atomic E-state index is 12.8. The Morgan fingerprint density at radius 1 is 1.00 bits per heavy atom. The van der Waals surface area contributed by atoms with Crippen molar-refractivity contribution in [2.24, 2.45) is 5.92 Å². The number of rotatable bonds is 4. The molecule has 0 aliphatic heterocycles. The van der Waals surface area contributed by atoms with Gasteiger partial charge in [-0.3, -0.25) is 0 Å². The van der Waals surface area contributed by atoms with Gasteiger partial charge in [0, 0.05) is 28.5 Å². The molecule has 116 valence electrons. The van der Waals surface area contributed by atoms with E-state index >= 15 is 0 Å². The van der Waals surface area contributed by atoms with E-state index in [-0.39, 0.29) is 23.3 Å². The summed E-state index contributed by atoms with van der Waals surface area (Å²) in [6, 6.07) is 13.2. The average Bonchev–Trinajstić information content (AvgIpc) is 3.23. The molecule has 0 saturated heterocycles. The molecule has 1 N–H and O–H groups in total. The van der Waals surface area contributed by atoms with Gasteiger partial charge in [0.1, 0.15) is 0 Å². The lowest BCUT2D eigenvalue weighted by molar-refractivity contribution is 0.274. The van der Waals surface area contributed by atoms with Crippen molar-refractivity contribution in [3.63, 3.8) is 0 Å². The predicted molar refractivity (Wildman–Crippen MR) is 87.2 cm³/mol. The van der Waals surface area contributed by atoms with Crippen LogP contribution in [0.4, 0.5) is 0 Å². The molecule has 1 saturated carbocycles. The van der Waals surface area contributed by atoms with Gasteiger partial charge in [0.15, 0.2) is 9.84 Å². The molecule has 22 heavy (non-hydrogen) atoms. The summed E-state index contributed by atoms with van der Waals surface area (Å²) in [6.07, 6.45) is 0. The van der Waals surface area contributed by atoms with Gasteiger partial charge in [0.05, 0.1) is 10.1 Å². The summed E-state index contributed by atoms with van der Waals surface area (Å²) in [5.41, 5.74) is 0.842. The Kier molecular flexibility index (Phi) is 4.21. The van der Waals surface area contributed by atoms with Gasteiger partial charge in [-0.05, 0) is 42.0 Å². The minimum absolute atomic E-state index is 0.172. The normalized spacial score (nSPS) is 24.2. The van der Waals surface area contributed by atoms with E-state index in [4.69, 9.17) is 23.2 Å². The molecule has 3 rings (SSSR count). The molecule has 6 heteroatoms. The first-order chi connectivity index (χ1) is 10.4. The number of benzene rings is 2. The van der Waals surface area contributed by atoms with Crippen molar-refractivity contribution in [3.8, 4) is 0 Å². The molecule has 0 amide bonds. The summed E-state index contributed by atoms with van der Waals surface area (Å²) in [4.78, 5) is 0.227. The molecular formula is C16H14Cl2O3S. The van der Waals surface area contributed by atoms with Crippen LogP contribution < -0.4 is 0 Å². The van der Waals surface area contributed by atoms with Crippen LogP contribution in [-0.4, -0.2) is 25.4 Å². The van der Waals surface area contributed by atoms with Crippen molar-refractivity contribution < 1.29 is 13.5 Å². The van der Waals surface area contributed by atoms with Gasteiger partial charge >= 0.3 is 0 Å². The van der Waals surface area contributed by atoms with Gasteiger partial charge in [0.2, 0.25) is 0 Å². The largest absolute Gasteiger partial charge is 0.396 e. The van der Waals surface area contributed by atoms with E-state index in [0.717, 1.165) is 5.56 Å². The zero-order valence-corrected chi connectivity index (χ0v) is 13.8. The highest BCUT2D eigenvalue weighted by atomic mass is 35.5. The second-order valence-electron chi connectivity index (χ2n) is 5.39. The zero-order chi connectivity index (χ0) is 15.9. The van der Waals surface area contributed by atoms with Gasteiger partial charge in [-0.15, -0.1) is 0 Å². The highest BCUT2D eigenvalue weighted by Gasteiger charge is 2.58. The third-order valence-corrected chi connectivity index (χ3v) is 6.82. The lowest BCUT2D eigenvalue weighted by Gasteiger charge is -2.05. The Morgan fingerprint density at radius 3 is 2.27 bits per heavy atom. The number of hydrogen-bond acceptors (Lipinski definition) is 3. The van der Waals surface area contributed by atoms with Gasteiger partial charge in [0.25, 0.3) is 0 Å². The minimum atomic E-state index is -3.52. The van der Waals surface area contributed by atoms with Crippen molar-refractivity contribution in [2.45, 2.75) is 16.1 Å². The smallest absolute Gasteiger partial charge is 0.182 e. The first kappa shape index (κ1) is 15.8. The van der Waals surface area contributed by atoms with Crippen LogP contribution >= 0.6 is 23.2 Å². The summed E-state index contributed by atoms with van der Waals surface area (Å²) in [7, 11) is -3.52. The standard InChI is InChI=1S/C16H14Cl2O3S/c17-11-4-6-13(7-5-11)22(20,21)16-14(9-19)15(16)10-2-1-3-12(18)8-10/h1-8,14-16,19H,9H2/t14-,15-,16-/m0/s1. The van der Waals surface area contributed by atoms with E-state index in [1.807, 2.05) is 6.07 Å². The molecule has 3 atom stereocenters. The summed E-state index contributed by atoms with van der Waals surface area (Å²) in [5, 5.41) is 9.93. The van der Waals surface area contributed by atoms with Gasteiger partial charge < -0.3 is 5.11 Å². The highest BCUT2D eigenvalue weighted by molar-refractivity contribution is 7.92. The van der Waals surface area contributed by atoms with Gasteiger partial charge in [-0.25, -0.2) is 8.42 Å². The van der Waals surface area contributed by atoms with Crippen LogP contribution in [0.25, 0.3) is 0 Å². The fourth-order valence-corrected chi connectivity index (χ4v) is 5.44. The second-order valence-corrected chi connectivity index (χ2v) is 8.37. The van der Waals surface area contributed by atoms with Crippen LogP contribution in [0.15, 0.2) is 53.4 Å². The van der Waals surface area contributed by atoms with Gasteiger partial charge in [-0.2, -0.15) is 0 Å². The van der Waals surface area contributed by atoms with Crippen LogP contribution in [-0.2, 0) is 9.84 Å². The van der Waals surface area contributed by atoms with Crippen LogP contribution in [0, 0.1) is 5.92 Å². The number of sulfone groups is 1. The Morgan fingerprint density at radius 2 is 1.68 bits per heavy atom. The minimum Gasteiger partial charge on any atom is -0.396 e.